The minimum atomic E-state index is -0.476. The average Bonchev–Trinajstić information content (AvgIpc) is 2.07. The van der Waals surface area contributed by atoms with Crippen LogP contribution in [0.3, 0.4) is 0 Å². The van der Waals surface area contributed by atoms with E-state index in [1.165, 1.54) is 38.5 Å². The van der Waals surface area contributed by atoms with Crippen LogP contribution in [-0.4, -0.2) is 20.0 Å². The van der Waals surface area contributed by atoms with Gasteiger partial charge in [0, 0.05) is 26.6 Å². The van der Waals surface area contributed by atoms with E-state index in [9.17, 15) is 4.21 Å². The van der Waals surface area contributed by atoms with Crippen LogP contribution in [0.1, 0.15) is 38.5 Å². The fourth-order valence-electron chi connectivity index (χ4n) is 2.73. The summed E-state index contributed by atoms with van der Waals surface area (Å²) in [5.41, 5.74) is 0. The summed E-state index contributed by atoms with van der Waals surface area (Å²) in [6, 6.07) is 0. The Kier molecular flexibility index (Phi) is 3.46. The molecule has 13 heavy (non-hydrogen) atoms. The van der Waals surface area contributed by atoms with Crippen molar-refractivity contribution in [2.45, 2.75) is 49.0 Å². The van der Waals surface area contributed by atoms with E-state index in [1.54, 1.807) is 0 Å². The van der Waals surface area contributed by atoms with Gasteiger partial charge in [-0.3, -0.25) is 4.21 Å². The summed E-state index contributed by atoms with van der Waals surface area (Å²) < 4.78 is 11.9. The van der Waals surface area contributed by atoms with Crippen LogP contribution in [0, 0.1) is 5.92 Å². The molecule has 0 N–H and O–H groups in total. The Morgan fingerprint density at radius 1 is 1.23 bits per heavy atom. The molecule has 76 valence electrons. The number of alkyl halides is 1. The van der Waals surface area contributed by atoms with Gasteiger partial charge in [0.05, 0.1) is 0 Å². The molecule has 2 atom stereocenters. The molecule has 3 heteroatoms. The number of hydrogen-bond acceptors (Lipinski definition) is 1. The normalized spacial score (nSPS) is 44.7. The second kappa shape index (κ2) is 4.43. The fourth-order valence-corrected chi connectivity index (χ4v) is 5.65. The predicted molar refractivity (Wildman–Crippen MR) is 60.7 cm³/mol. The van der Waals surface area contributed by atoms with Crippen molar-refractivity contribution in [2.24, 2.45) is 5.92 Å². The summed E-state index contributed by atoms with van der Waals surface area (Å²) in [6.45, 7) is 0. The van der Waals surface area contributed by atoms with Gasteiger partial charge in [-0.05, 0) is 38.0 Å². The van der Waals surface area contributed by atoms with Crippen LogP contribution < -0.4 is 0 Å². The third-order valence-electron chi connectivity index (χ3n) is 3.42. The molecule has 2 rings (SSSR count). The first-order chi connectivity index (χ1) is 6.31. The average molecular weight is 265 g/mol. The summed E-state index contributed by atoms with van der Waals surface area (Å²) in [5, 5.41) is 2.22. The van der Waals surface area contributed by atoms with E-state index in [4.69, 9.17) is 0 Å². The SMILES string of the molecule is O=S1C2CCCC1CC(CCBr)C2. The van der Waals surface area contributed by atoms with Crippen molar-refractivity contribution < 1.29 is 4.21 Å². The first-order valence-corrected chi connectivity index (χ1v) is 7.66. The van der Waals surface area contributed by atoms with Gasteiger partial charge < -0.3 is 0 Å². The molecule has 1 nitrogen and oxygen atoms in total. The lowest BCUT2D eigenvalue weighted by molar-refractivity contribution is 0.352. The van der Waals surface area contributed by atoms with Crippen LogP contribution >= 0.6 is 15.9 Å². The van der Waals surface area contributed by atoms with Gasteiger partial charge in [0.25, 0.3) is 0 Å². The summed E-state index contributed by atoms with van der Waals surface area (Å²) in [7, 11) is -0.476. The molecule has 0 spiro atoms. The highest BCUT2D eigenvalue weighted by molar-refractivity contribution is 9.09. The Labute approximate surface area is 91.3 Å². The van der Waals surface area contributed by atoms with Gasteiger partial charge in [0.1, 0.15) is 0 Å². The fraction of sp³-hybridized carbons (Fsp3) is 1.00. The van der Waals surface area contributed by atoms with Gasteiger partial charge in [0.2, 0.25) is 0 Å². The Hall–Kier alpha value is 0.630. The summed E-state index contributed by atoms with van der Waals surface area (Å²) in [4.78, 5) is 0. The summed E-state index contributed by atoms with van der Waals surface area (Å²) in [6.07, 6.45) is 7.51. The number of hydrogen-bond donors (Lipinski definition) is 0. The molecule has 2 aliphatic heterocycles. The number of fused-ring (bicyclic) bond motifs is 2. The summed E-state index contributed by atoms with van der Waals surface area (Å²) in [5.74, 6) is 0.854. The highest BCUT2D eigenvalue weighted by atomic mass is 79.9. The van der Waals surface area contributed by atoms with Crippen LogP contribution in [-0.2, 0) is 10.8 Å². The van der Waals surface area contributed by atoms with Gasteiger partial charge in [-0.1, -0.05) is 22.4 Å². The third kappa shape index (κ3) is 2.17. The Bertz CT molecular complexity index is 191. The quantitative estimate of drug-likeness (QED) is 0.702. The maximum absolute atomic E-state index is 11.9. The van der Waals surface area contributed by atoms with Gasteiger partial charge in [0.15, 0.2) is 0 Å². The van der Waals surface area contributed by atoms with Crippen molar-refractivity contribution in [1.29, 1.82) is 0 Å². The Morgan fingerprint density at radius 2 is 1.85 bits per heavy atom. The van der Waals surface area contributed by atoms with Crippen LogP contribution in [0.4, 0.5) is 0 Å². The van der Waals surface area contributed by atoms with Gasteiger partial charge >= 0.3 is 0 Å². The van der Waals surface area contributed by atoms with Crippen molar-refractivity contribution >= 4 is 26.7 Å². The molecule has 0 amide bonds. The molecular weight excluding hydrogens is 248 g/mol. The first-order valence-electron chi connectivity index (χ1n) is 5.26. The first kappa shape index (κ1) is 10.2. The van der Waals surface area contributed by atoms with Crippen molar-refractivity contribution in [3.8, 4) is 0 Å². The lowest BCUT2D eigenvalue weighted by atomic mass is 9.88. The van der Waals surface area contributed by atoms with Gasteiger partial charge in [-0.2, -0.15) is 0 Å². The van der Waals surface area contributed by atoms with E-state index >= 15 is 0 Å². The molecule has 2 fully saturated rings. The minimum absolute atomic E-state index is 0.476. The van der Waals surface area contributed by atoms with E-state index < -0.39 is 10.8 Å². The third-order valence-corrected chi connectivity index (χ3v) is 6.05. The predicted octanol–water partition coefficient (Wildman–Crippen LogP) is 2.85. The van der Waals surface area contributed by atoms with Crippen molar-refractivity contribution in [2.75, 3.05) is 5.33 Å². The van der Waals surface area contributed by atoms with Crippen LogP contribution in [0.15, 0.2) is 0 Å². The molecule has 0 aromatic heterocycles. The molecule has 0 aliphatic carbocycles. The molecule has 0 aromatic rings. The van der Waals surface area contributed by atoms with E-state index in [0.717, 1.165) is 11.2 Å². The van der Waals surface area contributed by atoms with Gasteiger partial charge in [-0.25, -0.2) is 0 Å². The molecule has 0 saturated carbocycles. The smallest absolute Gasteiger partial charge is 0.0353 e. The van der Waals surface area contributed by atoms with Crippen molar-refractivity contribution in [1.82, 2.24) is 0 Å². The van der Waals surface area contributed by atoms with E-state index in [1.807, 2.05) is 0 Å². The Morgan fingerprint density at radius 3 is 2.38 bits per heavy atom. The van der Waals surface area contributed by atoms with Crippen LogP contribution in [0.25, 0.3) is 0 Å². The number of rotatable bonds is 2. The zero-order chi connectivity index (χ0) is 9.26. The molecule has 0 radical (unpaired) electrons. The molecule has 2 saturated heterocycles. The second-order valence-electron chi connectivity index (χ2n) is 4.32. The lowest BCUT2D eigenvalue weighted by Gasteiger charge is -2.38. The Balaban J connectivity index is 1.99. The highest BCUT2D eigenvalue weighted by Gasteiger charge is 2.37. The highest BCUT2D eigenvalue weighted by Crippen LogP contribution is 2.38. The monoisotopic (exact) mass is 264 g/mol. The number of halogens is 1. The maximum Gasteiger partial charge on any atom is 0.0353 e. The largest absolute Gasteiger partial charge is 0.259 e. The zero-order valence-electron chi connectivity index (χ0n) is 7.88. The molecule has 2 aliphatic rings. The van der Waals surface area contributed by atoms with E-state index in [-0.39, 0.29) is 0 Å². The van der Waals surface area contributed by atoms with Crippen molar-refractivity contribution in [3.63, 3.8) is 0 Å². The maximum atomic E-state index is 11.9. The zero-order valence-corrected chi connectivity index (χ0v) is 10.3. The molecule has 2 heterocycles. The van der Waals surface area contributed by atoms with Crippen LogP contribution in [0.2, 0.25) is 0 Å². The standard InChI is InChI=1S/C10H17BrOS/c11-5-4-8-6-9-2-1-3-10(7-8)13(9)12/h8-10H,1-7H2. The molecular formula is C10H17BrOS. The van der Waals surface area contributed by atoms with E-state index in [2.05, 4.69) is 15.9 Å². The minimum Gasteiger partial charge on any atom is -0.259 e. The lowest BCUT2D eigenvalue weighted by Crippen LogP contribution is -2.39. The molecule has 0 aromatic carbocycles. The summed E-state index contributed by atoms with van der Waals surface area (Å²) >= 11 is 3.50. The molecule has 2 bridgehead atoms. The second-order valence-corrected chi connectivity index (χ2v) is 7.10. The van der Waals surface area contributed by atoms with E-state index in [0.29, 0.717) is 10.5 Å². The van der Waals surface area contributed by atoms with Crippen LogP contribution in [0.5, 0.6) is 0 Å². The molecule has 2 unspecified atom stereocenters. The van der Waals surface area contributed by atoms with Gasteiger partial charge in [-0.15, -0.1) is 0 Å². The topological polar surface area (TPSA) is 17.1 Å². The van der Waals surface area contributed by atoms with Crippen molar-refractivity contribution in [3.05, 3.63) is 0 Å².